The van der Waals surface area contributed by atoms with Crippen LogP contribution in [-0.2, 0) is 25.7 Å². The first-order chi connectivity index (χ1) is 11.0. The molecule has 0 spiro atoms. The van der Waals surface area contributed by atoms with E-state index in [0.29, 0.717) is 12.8 Å². The summed E-state index contributed by atoms with van der Waals surface area (Å²) < 4.78 is 10.6. The van der Waals surface area contributed by atoms with Crippen LogP contribution in [0.4, 0.5) is 4.79 Å². The van der Waals surface area contributed by atoms with E-state index in [1.54, 1.807) is 4.90 Å². The van der Waals surface area contributed by atoms with Gasteiger partial charge < -0.3 is 9.47 Å². The van der Waals surface area contributed by atoms with E-state index in [4.69, 9.17) is 9.47 Å². The molecule has 0 radical (unpaired) electrons. The summed E-state index contributed by atoms with van der Waals surface area (Å²) in [5.74, 6) is -0.297. The summed E-state index contributed by atoms with van der Waals surface area (Å²) >= 11 is 0. The van der Waals surface area contributed by atoms with Gasteiger partial charge in [0.1, 0.15) is 18.5 Å². The Morgan fingerprint density at radius 3 is 2.65 bits per heavy atom. The molecule has 2 aliphatic heterocycles. The molecule has 122 valence electrons. The van der Waals surface area contributed by atoms with Crippen molar-refractivity contribution in [1.29, 1.82) is 0 Å². The van der Waals surface area contributed by atoms with Gasteiger partial charge in [-0.1, -0.05) is 30.3 Å². The number of rotatable bonds is 3. The predicted molar refractivity (Wildman–Crippen MR) is 80.5 cm³/mol. The molecule has 0 saturated carbocycles. The lowest BCUT2D eigenvalue weighted by Crippen LogP contribution is -2.49. The molecule has 1 amide bonds. The van der Waals surface area contributed by atoms with Crippen LogP contribution in [0, 0.1) is 0 Å². The first kappa shape index (κ1) is 15.5. The van der Waals surface area contributed by atoms with E-state index < -0.39 is 24.2 Å². The number of nitrogens with zero attached hydrogens (tertiary/aromatic N) is 1. The van der Waals surface area contributed by atoms with Gasteiger partial charge in [0.2, 0.25) is 0 Å². The number of esters is 1. The van der Waals surface area contributed by atoms with Gasteiger partial charge in [0, 0.05) is 32.2 Å². The van der Waals surface area contributed by atoms with Crippen LogP contribution in [0.2, 0.25) is 0 Å². The van der Waals surface area contributed by atoms with Crippen molar-refractivity contribution in [1.82, 2.24) is 4.90 Å². The molecule has 0 aromatic heterocycles. The molecule has 6 nitrogen and oxygen atoms in total. The number of benzene rings is 1. The van der Waals surface area contributed by atoms with Crippen molar-refractivity contribution in [3.63, 3.8) is 0 Å². The number of ketones is 1. The van der Waals surface area contributed by atoms with Crippen molar-refractivity contribution in [2.45, 2.75) is 51.0 Å². The second-order valence-corrected chi connectivity index (χ2v) is 6.00. The van der Waals surface area contributed by atoms with Gasteiger partial charge in [-0.05, 0) is 5.56 Å². The molecular formula is C17H19NO5. The first-order valence-corrected chi connectivity index (χ1v) is 7.72. The minimum absolute atomic E-state index is 0.0989. The number of piperidine rings is 1. The van der Waals surface area contributed by atoms with Gasteiger partial charge >= 0.3 is 12.1 Å². The topological polar surface area (TPSA) is 72.9 Å². The molecule has 0 unspecified atom stereocenters. The zero-order valence-corrected chi connectivity index (χ0v) is 12.9. The van der Waals surface area contributed by atoms with E-state index in [1.165, 1.54) is 6.92 Å². The average Bonchev–Trinajstić information content (AvgIpc) is 2.73. The summed E-state index contributed by atoms with van der Waals surface area (Å²) in [6.07, 6.45) is 0.138. The summed E-state index contributed by atoms with van der Waals surface area (Å²) in [5, 5.41) is 0. The lowest BCUT2D eigenvalue weighted by atomic mass is 10.0. The van der Waals surface area contributed by atoms with Crippen molar-refractivity contribution >= 4 is 17.8 Å². The largest absolute Gasteiger partial charge is 0.460 e. The maximum Gasteiger partial charge on any atom is 0.410 e. The predicted octanol–water partition coefficient (Wildman–Crippen LogP) is 2.06. The molecule has 2 aliphatic rings. The third-order valence-electron chi connectivity index (χ3n) is 4.32. The monoisotopic (exact) mass is 317 g/mol. The molecule has 2 saturated heterocycles. The van der Waals surface area contributed by atoms with Gasteiger partial charge in [0.25, 0.3) is 0 Å². The van der Waals surface area contributed by atoms with Crippen molar-refractivity contribution < 1.29 is 23.9 Å². The molecule has 2 bridgehead atoms. The maximum atomic E-state index is 12.4. The molecule has 23 heavy (non-hydrogen) atoms. The van der Waals surface area contributed by atoms with Crippen LogP contribution < -0.4 is 0 Å². The van der Waals surface area contributed by atoms with Gasteiger partial charge in [-0.15, -0.1) is 0 Å². The van der Waals surface area contributed by atoms with Crippen molar-refractivity contribution in [2.24, 2.45) is 0 Å². The molecule has 3 rings (SSSR count). The Morgan fingerprint density at radius 1 is 1.22 bits per heavy atom. The Labute approximate surface area is 134 Å². The molecule has 2 fully saturated rings. The van der Waals surface area contributed by atoms with Crippen LogP contribution in [0.15, 0.2) is 30.3 Å². The lowest BCUT2D eigenvalue weighted by molar-refractivity contribution is -0.148. The van der Waals surface area contributed by atoms with Crippen LogP contribution >= 0.6 is 0 Å². The second kappa shape index (κ2) is 6.40. The van der Waals surface area contributed by atoms with Crippen LogP contribution in [0.25, 0.3) is 0 Å². The Kier molecular flexibility index (Phi) is 4.32. The summed E-state index contributed by atoms with van der Waals surface area (Å²) in [4.78, 5) is 37.0. The van der Waals surface area contributed by atoms with Gasteiger partial charge in [0.15, 0.2) is 0 Å². The Hall–Kier alpha value is -2.37. The highest BCUT2D eigenvalue weighted by molar-refractivity contribution is 5.84. The summed E-state index contributed by atoms with van der Waals surface area (Å²) in [7, 11) is 0. The highest BCUT2D eigenvalue weighted by atomic mass is 16.6. The fraction of sp³-hybridized carbons (Fsp3) is 0.471. The van der Waals surface area contributed by atoms with Crippen LogP contribution in [0.3, 0.4) is 0 Å². The van der Waals surface area contributed by atoms with Gasteiger partial charge in [0.05, 0.1) is 6.04 Å². The minimum Gasteiger partial charge on any atom is -0.460 e. The zero-order chi connectivity index (χ0) is 16.4. The molecular weight excluding hydrogens is 298 g/mol. The van der Waals surface area contributed by atoms with Crippen molar-refractivity contribution in [3.05, 3.63) is 35.9 Å². The molecule has 3 atom stereocenters. The van der Waals surface area contributed by atoms with E-state index in [9.17, 15) is 14.4 Å². The first-order valence-electron chi connectivity index (χ1n) is 7.72. The SMILES string of the molecule is CC(=O)O[C@H]1C[C@@H]2CC(=O)C[C@H]1N2C(=O)OCc1ccccc1. The number of hydrogen-bond donors (Lipinski definition) is 0. The third kappa shape index (κ3) is 3.36. The molecule has 2 heterocycles. The average molecular weight is 317 g/mol. The van der Waals surface area contributed by atoms with Gasteiger partial charge in [-0.25, -0.2) is 4.79 Å². The molecule has 6 heteroatoms. The zero-order valence-electron chi connectivity index (χ0n) is 12.9. The summed E-state index contributed by atoms with van der Waals surface area (Å²) in [6, 6.07) is 8.76. The number of fused-ring (bicyclic) bond motifs is 2. The molecule has 0 aliphatic carbocycles. The minimum atomic E-state index is -0.453. The number of amides is 1. The number of carbonyl (C=O) groups excluding carboxylic acids is 3. The molecule has 1 aromatic rings. The highest BCUT2D eigenvalue weighted by Gasteiger charge is 2.50. The second-order valence-electron chi connectivity index (χ2n) is 6.00. The lowest BCUT2D eigenvalue weighted by Gasteiger charge is -2.33. The van der Waals surface area contributed by atoms with Gasteiger partial charge in [-0.3, -0.25) is 14.5 Å². The Morgan fingerprint density at radius 2 is 1.96 bits per heavy atom. The number of ether oxygens (including phenoxy) is 2. The fourth-order valence-corrected chi connectivity index (χ4v) is 3.40. The highest BCUT2D eigenvalue weighted by Crippen LogP contribution is 2.36. The summed E-state index contributed by atoms with van der Waals surface area (Å²) in [6.45, 7) is 1.52. The number of carbonyl (C=O) groups is 3. The van der Waals surface area contributed by atoms with Crippen molar-refractivity contribution in [3.8, 4) is 0 Å². The van der Waals surface area contributed by atoms with E-state index >= 15 is 0 Å². The Balaban J connectivity index is 1.67. The molecule has 1 aromatic carbocycles. The third-order valence-corrected chi connectivity index (χ3v) is 4.32. The number of Topliss-reactive ketones (excluding diaryl/α,β-unsaturated/α-hetero) is 1. The standard InChI is InChI=1S/C17H19NO5/c1-11(19)23-16-8-13-7-14(20)9-15(16)18(13)17(21)22-10-12-5-3-2-4-6-12/h2-6,13,15-16H,7-10H2,1H3/t13-,15+,16-/m0/s1. The van der Waals surface area contributed by atoms with E-state index in [2.05, 4.69) is 0 Å². The van der Waals surface area contributed by atoms with Crippen LogP contribution in [0.1, 0.15) is 31.7 Å². The molecule has 0 N–H and O–H groups in total. The van der Waals surface area contributed by atoms with E-state index in [0.717, 1.165) is 5.56 Å². The quantitative estimate of drug-likeness (QED) is 0.798. The number of hydrogen-bond acceptors (Lipinski definition) is 5. The fourth-order valence-electron chi connectivity index (χ4n) is 3.40. The Bertz CT molecular complexity index is 615. The maximum absolute atomic E-state index is 12.4. The van der Waals surface area contributed by atoms with Gasteiger partial charge in [-0.2, -0.15) is 0 Å². The van der Waals surface area contributed by atoms with E-state index in [1.807, 2.05) is 30.3 Å². The smallest absolute Gasteiger partial charge is 0.410 e. The van der Waals surface area contributed by atoms with Crippen molar-refractivity contribution in [2.75, 3.05) is 0 Å². The van der Waals surface area contributed by atoms with E-state index in [-0.39, 0.29) is 24.9 Å². The van der Waals surface area contributed by atoms with Crippen LogP contribution in [0.5, 0.6) is 0 Å². The summed E-state index contributed by atoms with van der Waals surface area (Å²) in [5.41, 5.74) is 0.901. The normalized spacial score (nSPS) is 26.0. The van der Waals surface area contributed by atoms with Crippen LogP contribution in [-0.4, -0.2) is 40.9 Å².